The van der Waals surface area contributed by atoms with E-state index in [0.29, 0.717) is 28.9 Å². The van der Waals surface area contributed by atoms with Crippen molar-refractivity contribution in [3.05, 3.63) is 59.8 Å². The van der Waals surface area contributed by atoms with E-state index in [-0.39, 0.29) is 31.8 Å². The number of carbonyl (C=O) groups is 3. The number of aryl methyl sites for hydroxylation is 1. The number of anilines is 2. The molecule has 3 aromatic rings. The van der Waals surface area contributed by atoms with Crippen LogP contribution in [-0.4, -0.2) is 41.0 Å². The van der Waals surface area contributed by atoms with Crippen LogP contribution in [0.5, 0.6) is 5.75 Å². The third-order valence-electron chi connectivity index (χ3n) is 6.18. The molecular formula is C29H34N2O6. The Labute approximate surface area is 217 Å². The van der Waals surface area contributed by atoms with Gasteiger partial charge >= 0.3 is 11.9 Å². The number of carboxylic acid groups (broad SMARTS) is 1. The average Bonchev–Trinajstić information content (AvgIpc) is 2.87. The van der Waals surface area contributed by atoms with E-state index in [0.717, 1.165) is 23.1 Å². The van der Waals surface area contributed by atoms with Crippen LogP contribution < -0.4 is 10.1 Å². The number of nitrogens with zero attached hydrogens (tertiary/aromatic N) is 1. The average molecular weight is 507 g/mol. The summed E-state index contributed by atoms with van der Waals surface area (Å²) in [4.78, 5) is 40.7. The number of hydrogen-bond acceptors (Lipinski definition) is 7. The second kappa shape index (κ2) is 12.3. The van der Waals surface area contributed by atoms with Crippen LogP contribution >= 0.6 is 0 Å². The number of hydrogen-bond donors (Lipinski definition) is 2. The summed E-state index contributed by atoms with van der Waals surface area (Å²) in [5.41, 5.74) is 2.72. The number of esters is 1. The molecule has 0 saturated carbocycles. The fraction of sp³-hybridized carbons (Fsp3) is 0.379. The highest BCUT2D eigenvalue weighted by Gasteiger charge is 2.28. The van der Waals surface area contributed by atoms with E-state index in [9.17, 15) is 14.4 Å². The van der Waals surface area contributed by atoms with Gasteiger partial charge in [-0.1, -0.05) is 37.3 Å². The van der Waals surface area contributed by atoms with Gasteiger partial charge in [-0.25, -0.2) is 0 Å². The minimum absolute atomic E-state index is 0.0114. The molecular weight excluding hydrogens is 472 g/mol. The van der Waals surface area contributed by atoms with Crippen molar-refractivity contribution < 1.29 is 29.0 Å². The fourth-order valence-electron chi connectivity index (χ4n) is 3.77. The van der Waals surface area contributed by atoms with Crippen molar-refractivity contribution in [1.82, 2.24) is 4.98 Å². The number of ether oxygens (including phenoxy) is 2. The normalized spacial score (nSPS) is 11.2. The van der Waals surface area contributed by atoms with Gasteiger partial charge in [0.25, 0.3) is 0 Å². The summed E-state index contributed by atoms with van der Waals surface area (Å²) >= 11 is 0. The Morgan fingerprint density at radius 2 is 1.78 bits per heavy atom. The highest BCUT2D eigenvalue weighted by Crippen LogP contribution is 2.35. The first-order valence-electron chi connectivity index (χ1n) is 12.4. The van der Waals surface area contributed by atoms with Gasteiger partial charge in [-0.2, -0.15) is 0 Å². The molecule has 1 aromatic heterocycles. The molecule has 0 radical (unpaired) electrons. The first kappa shape index (κ1) is 27.6. The van der Waals surface area contributed by atoms with Crippen molar-refractivity contribution in [3.8, 4) is 5.75 Å². The number of para-hydroxylation sites is 2. The number of benzene rings is 2. The van der Waals surface area contributed by atoms with Crippen molar-refractivity contribution in [2.24, 2.45) is 5.41 Å². The summed E-state index contributed by atoms with van der Waals surface area (Å²) in [6, 6.07) is 13.3. The highest BCUT2D eigenvalue weighted by atomic mass is 16.6. The number of ketones is 1. The van der Waals surface area contributed by atoms with Gasteiger partial charge in [0.1, 0.15) is 24.5 Å². The number of Topliss-reactive ketones (excluding diaryl/α,β-unsaturated/α-hetero) is 1. The predicted octanol–water partition coefficient (Wildman–Crippen LogP) is 6.08. The lowest BCUT2D eigenvalue weighted by Gasteiger charge is -2.18. The van der Waals surface area contributed by atoms with Gasteiger partial charge in [0.15, 0.2) is 5.78 Å². The van der Waals surface area contributed by atoms with Crippen LogP contribution in [0, 0.1) is 12.3 Å². The predicted molar refractivity (Wildman–Crippen MR) is 143 cm³/mol. The lowest BCUT2D eigenvalue weighted by atomic mass is 9.88. The SMILES string of the molecule is CCCC(=O)c1cnc2c(OCCOC(=O)CCC(C)(C)C(=O)O)cccc2c1Nc1ccccc1C. The Hall–Kier alpha value is -3.94. The summed E-state index contributed by atoms with van der Waals surface area (Å²) in [6.45, 7) is 7.23. The molecule has 0 spiro atoms. The maximum Gasteiger partial charge on any atom is 0.309 e. The van der Waals surface area contributed by atoms with E-state index in [1.54, 1.807) is 26.1 Å². The quantitative estimate of drug-likeness (QED) is 0.163. The lowest BCUT2D eigenvalue weighted by molar-refractivity contribution is -0.149. The molecule has 0 atom stereocenters. The fourth-order valence-corrected chi connectivity index (χ4v) is 3.77. The largest absolute Gasteiger partial charge is 0.488 e. The van der Waals surface area contributed by atoms with Crippen LogP contribution in [0.15, 0.2) is 48.7 Å². The second-order valence-corrected chi connectivity index (χ2v) is 9.57. The van der Waals surface area contributed by atoms with Gasteiger partial charge in [-0.15, -0.1) is 0 Å². The number of fused-ring (bicyclic) bond motifs is 1. The minimum atomic E-state index is -0.995. The minimum Gasteiger partial charge on any atom is -0.488 e. The molecule has 2 aromatic carbocycles. The highest BCUT2D eigenvalue weighted by molar-refractivity contribution is 6.09. The summed E-state index contributed by atoms with van der Waals surface area (Å²) in [5, 5.41) is 13.4. The first-order chi connectivity index (χ1) is 17.6. The lowest BCUT2D eigenvalue weighted by Crippen LogP contribution is -2.25. The van der Waals surface area contributed by atoms with Crippen LogP contribution in [0.3, 0.4) is 0 Å². The van der Waals surface area contributed by atoms with Crippen molar-refractivity contribution in [1.29, 1.82) is 0 Å². The third-order valence-corrected chi connectivity index (χ3v) is 6.18. The Bertz CT molecular complexity index is 1280. The zero-order valence-electron chi connectivity index (χ0n) is 21.8. The van der Waals surface area contributed by atoms with Crippen LogP contribution in [0.1, 0.15) is 62.4 Å². The van der Waals surface area contributed by atoms with Crippen LogP contribution in [0.25, 0.3) is 10.9 Å². The Balaban J connectivity index is 1.77. The summed E-state index contributed by atoms with van der Waals surface area (Å²) in [6.07, 6.45) is 2.93. The number of pyridine rings is 1. The number of rotatable bonds is 13. The standard InChI is InChI=1S/C29H34N2O6/c1-5-9-23(32)21-18-30-27-20(26(21)31-22-12-7-6-10-19(22)2)11-8-13-24(27)36-16-17-37-25(33)14-15-29(3,4)28(34)35/h6-8,10-13,18H,5,9,14-17H2,1-4H3,(H,30,31)(H,34,35). The molecule has 1 heterocycles. The van der Waals surface area contributed by atoms with Gasteiger partial charge in [0.2, 0.25) is 0 Å². The van der Waals surface area contributed by atoms with Crippen molar-refractivity contribution >= 4 is 40.0 Å². The molecule has 0 fully saturated rings. The summed E-state index contributed by atoms with van der Waals surface area (Å²) in [5.74, 6) is -0.916. The zero-order valence-corrected chi connectivity index (χ0v) is 21.8. The Morgan fingerprint density at radius 1 is 1.03 bits per heavy atom. The maximum absolute atomic E-state index is 12.9. The second-order valence-electron chi connectivity index (χ2n) is 9.57. The molecule has 0 aliphatic heterocycles. The summed E-state index contributed by atoms with van der Waals surface area (Å²) < 4.78 is 11.1. The molecule has 8 heteroatoms. The molecule has 8 nitrogen and oxygen atoms in total. The number of carboxylic acids is 1. The van der Waals surface area contributed by atoms with Crippen LogP contribution in [0.4, 0.5) is 11.4 Å². The third kappa shape index (κ3) is 7.06. The van der Waals surface area contributed by atoms with E-state index in [2.05, 4.69) is 10.3 Å². The Morgan fingerprint density at radius 3 is 2.49 bits per heavy atom. The molecule has 37 heavy (non-hydrogen) atoms. The summed E-state index contributed by atoms with van der Waals surface area (Å²) in [7, 11) is 0. The van der Waals surface area contributed by atoms with Gasteiger partial charge in [0, 0.05) is 30.1 Å². The molecule has 0 saturated heterocycles. The van der Waals surface area contributed by atoms with E-state index >= 15 is 0 Å². The van der Waals surface area contributed by atoms with E-state index in [1.165, 1.54) is 0 Å². The van der Waals surface area contributed by atoms with Crippen molar-refractivity contribution in [2.75, 3.05) is 18.5 Å². The number of nitrogens with one attached hydrogen (secondary N) is 1. The molecule has 196 valence electrons. The first-order valence-corrected chi connectivity index (χ1v) is 12.4. The number of aromatic nitrogens is 1. The number of aliphatic carboxylic acids is 1. The molecule has 0 unspecified atom stereocenters. The molecule has 0 aliphatic rings. The molecule has 2 N–H and O–H groups in total. The van der Waals surface area contributed by atoms with Gasteiger partial charge < -0.3 is 19.9 Å². The van der Waals surface area contributed by atoms with Gasteiger partial charge in [0.05, 0.1) is 16.7 Å². The smallest absolute Gasteiger partial charge is 0.309 e. The monoisotopic (exact) mass is 506 g/mol. The van der Waals surface area contributed by atoms with E-state index in [1.807, 2.05) is 50.2 Å². The molecule has 0 amide bonds. The van der Waals surface area contributed by atoms with E-state index < -0.39 is 17.4 Å². The van der Waals surface area contributed by atoms with Gasteiger partial charge in [-0.3, -0.25) is 19.4 Å². The number of carbonyl (C=O) groups excluding carboxylic acids is 2. The molecule has 0 aliphatic carbocycles. The Kier molecular flexibility index (Phi) is 9.22. The topological polar surface area (TPSA) is 115 Å². The van der Waals surface area contributed by atoms with Crippen molar-refractivity contribution in [3.63, 3.8) is 0 Å². The molecule has 0 bridgehead atoms. The zero-order chi connectivity index (χ0) is 27.0. The van der Waals surface area contributed by atoms with Crippen molar-refractivity contribution in [2.45, 2.75) is 53.4 Å². The van der Waals surface area contributed by atoms with Crippen LogP contribution in [0.2, 0.25) is 0 Å². The molecule has 3 rings (SSSR count). The maximum atomic E-state index is 12.9. The van der Waals surface area contributed by atoms with Crippen LogP contribution in [-0.2, 0) is 14.3 Å². The van der Waals surface area contributed by atoms with Gasteiger partial charge in [-0.05, 0) is 51.3 Å². The van der Waals surface area contributed by atoms with E-state index in [4.69, 9.17) is 14.6 Å².